The smallest absolute Gasteiger partial charge is 0.408 e. The summed E-state index contributed by atoms with van der Waals surface area (Å²) in [6, 6.07) is 3.05. The number of aromatic nitrogens is 1. The minimum absolute atomic E-state index is 0.0277. The van der Waals surface area contributed by atoms with E-state index in [2.05, 4.69) is 22.5 Å². The number of carbonyl (C=O) groups excluding carboxylic acids is 3. The van der Waals surface area contributed by atoms with Gasteiger partial charge in [0.15, 0.2) is 5.17 Å². The van der Waals surface area contributed by atoms with Gasteiger partial charge < -0.3 is 40.2 Å². The number of amidine groups is 1. The number of amides is 3. The molecule has 3 aliphatic carbocycles. The number of carbonyl (C=O) groups is 4. The number of nitrogens with zero attached hydrogens (tertiary/aromatic N) is 3. The number of ether oxygens (including phenoxy) is 3. The number of pyridine rings is 1. The van der Waals surface area contributed by atoms with Gasteiger partial charge in [-0.1, -0.05) is 50.2 Å². The molecular formula is C40H51ClN6O8S. The number of carboxylic acids is 1. The molecule has 1 saturated heterocycles. The van der Waals surface area contributed by atoms with E-state index in [1.54, 1.807) is 23.9 Å². The van der Waals surface area contributed by atoms with Gasteiger partial charge in [-0.05, 0) is 68.9 Å². The van der Waals surface area contributed by atoms with E-state index in [0.29, 0.717) is 50.7 Å². The molecule has 5 aliphatic rings. The number of likely N-dealkylation sites (tertiary alicyclic amines) is 1. The summed E-state index contributed by atoms with van der Waals surface area (Å²) in [5.74, 6) is -0.0654. The van der Waals surface area contributed by atoms with E-state index in [0.717, 1.165) is 18.0 Å². The second kappa shape index (κ2) is 15.3. The number of halogens is 1. The van der Waals surface area contributed by atoms with Crippen LogP contribution in [0.5, 0.6) is 11.5 Å². The van der Waals surface area contributed by atoms with Crippen LogP contribution in [-0.4, -0.2) is 99.3 Å². The van der Waals surface area contributed by atoms with Crippen molar-refractivity contribution >= 4 is 63.3 Å². The number of methoxy groups -OCH3 is 1. The molecule has 0 spiro atoms. The fourth-order valence-electron chi connectivity index (χ4n) is 8.25. The molecular weight excluding hydrogens is 760 g/mol. The van der Waals surface area contributed by atoms with E-state index in [1.165, 1.54) is 24.5 Å². The third kappa shape index (κ3) is 7.98. The summed E-state index contributed by atoms with van der Waals surface area (Å²) in [6.45, 7) is 13.3. The second-order valence-corrected chi connectivity index (χ2v) is 18.5. The van der Waals surface area contributed by atoms with Gasteiger partial charge in [-0.15, -0.1) is 6.58 Å². The van der Waals surface area contributed by atoms with E-state index < -0.39 is 58.9 Å². The predicted octanol–water partition coefficient (Wildman–Crippen LogP) is 5.47. The van der Waals surface area contributed by atoms with Gasteiger partial charge in [0, 0.05) is 35.6 Å². The lowest BCUT2D eigenvalue weighted by Crippen LogP contribution is -2.59. The molecule has 0 bridgehead atoms. The average molecular weight is 811 g/mol. The first kappa shape index (κ1) is 40.0. The third-order valence-corrected chi connectivity index (χ3v) is 12.9. The van der Waals surface area contributed by atoms with Crippen molar-refractivity contribution in [3.05, 3.63) is 41.6 Å². The van der Waals surface area contributed by atoms with Crippen molar-refractivity contribution in [3.63, 3.8) is 0 Å². The number of hydrogen-bond acceptors (Lipinski definition) is 11. The van der Waals surface area contributed by atoms with Crippen LogP contribution in [0.1, 0.15) is 78.5 Å². The highest BCUT2D eigenvalue weighted by molar-refractivity contribution is 8.14. The number of carboxylic acid groups (broad SMARTS) is 1. The van der Waals surface area contributed by atoms with E-state index >= 15 is 0 Å². The molecule has 0 radical (unpaired) electrons. The highest BCUT2D eigenvalue weighted by Gasteiger charge is 2.61. The molecule has 16 heteroatoms. The third-order valence-electron chi connectivity index (χ3n) is 11.5. The normalized spacial score (nSPS) is 29.6. The minimum atomic E-state index is -1.52. The van der Waals surface area contributed by atoms with Crippen molar-refractivity contribution in [1.82, 2.24) is 25.8 Å². The van der Waals surface area contributed by atoms with Crippen LogP contribution in [0.15, 0.2) is 35.8 Å². The van der Waals surface area contributed by atoms with E-state index in [4.69, 9.17) is 35.8 Å². The number of nitrogens with one attached hydrogen (secondary N) is 3. The molecule has 3 heterocycles. The van der Waals surface area contributed by atoms with Crippen LogP contribution >= 0.6 is 23.4 Å². The van der Waals surface area contributed by atoms with E-state index in [-0.39, 0.29) is 37.6 Å². The Labute approximate surface area is 335 Å². The Balaban J connectivity index is 1.19. The van der Waals surface area contributed by atoms with Gasteiger partial charge >= 0.3 is 12.1 Å². The van der Waals surface area contributed by atoms with Crippen LogP contribution in [0, 0.1) is 23.2 Å². The first-order chi connectivity index (χ1) is 26.5. The van der Waals surface area contributed by atoms with Crippen LogP contribution in [0.4, 0.5) is 4.79 Å². The largest absolute Gasteiger partial charge is 0.495 e. The Kier molecular flexibility index (Phi) is 10.9. The average Bonchev–Trinajstić information content (AvgIpc) is 3.80. The lowest BCUT2D eigenvalue weighted by Gasteiger charge is -2.35. The molecule has 1 aromatic carbocycles. The number of thioether (sulfide) groups is 1. The Morgan fingerprint density at radius 3 is 2.46 bits per heavy atom. The molecule has 3 amide bonds. The number of benzene rings is 1. The van der Waals surface area contributed by atoms with Gasteiger partial charge in [-0.25, -0.2) is 14.6 Å². The van der Waals surface area contributed by atoms with Crippen molar-refractivity contribution < 1.29 is 38.5 Å². The maximum Gasteiger partial charge on any atom is 0.408 e. The fourth-order valence-corrected chi connectivity index (χ4v) is 9.62. The number of rotatable bonds is 12. The summed E-state index contributed by atoms with van der Waals surface area (Å²) in [6.07, 6.45) is 2.96. The van der Waals surface area contributed by atoms with Crippen LogP contribution < -0.4 is 25.4 Å². The van der Waals surface area contributed by atoms with Gasteiger partial charge in [0.25, 0.3) is 0 Å². The van der Waals surface area contributed by atoms with Crippen molar-refractivity contribution in [1.29, 1.82) is 0 Å². The first-order valence-electron chi connectivity index (χ1n) is 19.3. The maximum atomic E-state index is 14.7. The van der Waals surface area contributed by atoms with Crippen LogP contribution in [0.2, 0.25) is 5.02 Å². The highest BCUT2D eigenvalue weighted by atomic mass is 35.5. The van der Waals surface area contributed by atoms with Crippen molar-refractivity contribution in [2.24, 2.45) is 28.2 Å². The molecule has 2 aliphatic heterocycles. The van der Waals surface area contributed by atoms with Gasteiger partial charge in [-0.3, -0.25) is 14.6 Å². The number of aliphatic imine (C=N–C) groups is 1. The van der Waals surface area contributed by atoms with Gasteiger partial charge in [0.05, 0.1) is 24.9 Å². The Morgan fingerprint density at radius 2 is 1.84 bits per heavy atom. The molecule has 2 aromatic rings. The summed E-state index contributed by atoms with van der Waals surface area (Å²) in [4.78, 5) is 65.6. The fraction of sp³-hybridized carbons (Fsp3) is 0.600. The van der Waals surface area contributed by atoms with E-state index in [9.17, 15) is 24.3 Å². The van der Waals surface area contributed by atoms with E-state index in [1.807, 2.05) is 40.7 Å². The van der Waals surface area contributed by atoms with Gasteiger partial charge in [0.1, 0.15) is 52.4 Å². The molecule has 7 rings (SSSR count). The predicted molar refractivity (Wildman–Crippen MR) is 213 cm³/mol. The molecule has 4 fully saturated rings. The maximum absolute atomic E-state index is 14.7. The monoisotopic (exact) mass is 810 g/mol. The molecule has 14 nitrogen and oxygen atoms in total. The van der Waals surface area contributed by atoms with Gasteiger partial charge in [-0.2, -0.15) is 0 Å². The zero-order chi connectivity index (χ0) is 40.3. The Morgan fingerprint density at radius 1 is 1.11 bits per heavy atom. The number of aliphatic carboxylic acids is 1. The SMILES string of the molecule is C=C[C@@H]1C[C@]1(NC(=O)[C@@H]1C[C@@H](Oc2cc(C3CSC(NC(C)C)=N3)nc3c(Cl)c(OC)ccc23)CN1C(=O)[C@@H](NC(=O)OC1C[C@@H]2C[C@@H]2C1)C(C)(C)C)C(=O)O. The minimum Gasteiger partial charge on any atom is -0.495 e. The van der Waals surface area contributed by atoms with Crippen LogP contribution in [0.3, 0.4) is 0 Å². The van der Waals surface area contributed by atoms with Crippen molar-refractivity contribution in [2.45, 2.75) is 109 Å². The molecule has 1 aromatic heterocycles. The summed E-state index contributed by atoms with van der Waals surface area (Å²) < 4.78 is 18.0. The second-order valence-electron chi connectivity index (χ2n) is 17.1. The van der Waals surface area contributed by atoms with Gasteiger partial charge in [0.2, 0.25) is 11.8 Å². The lowest BCUT2D eigenvalue weighted by molar-refractivity contribution is -0.146. The Bertz CT molecular complexity index is 1960. The zero-order valence-electron chi connectivity index (χ0n) is 32.6. The Hall–Kier alpha value is -4.24. The molecule has 56 heavy (non-hydrogen) atoms. The summed E-state index contributed by atoms with van der Waals surface area (Å²) >= 11 is 8.43. The highest BCUT2D eigenvalue weighted by Crippen LogP contribution is 2.52. The number of fused-ring (bicyclic) bond motifs is 2. The topological polar surface area (TPSA) is 181 Å². The van der Waals surface area contributed by atoms with Crippen molar-refractivity contribution in [2.75, 3.05) is 19.4 Å². The van der Waals surface area contributed by atoms with Crippen LogP contribution in [0.25, 0.3) is 10.9 Å². The zero-order valence-corrected chi connectivity index (χ0v) is 34.2. The molecule has 9 atom stereocenters. The van der Waals surface area contributed by atoms with Crippen molar-refractivity contribution in [3.8, 4) is 11.5 Å². The molecule has 3 saturated carbocycles. The molecule has 302 valence electrons. The quantitative estimate of drug-likeness (QED) is 0.200. The lowest BCUT2D eigenvalue weighted by atomic mass is 9.85. The first-order valence-corrected chi connectivity index (χ1v) is 20.6. The summed E-state index contributed by atoms with van der Waals surface area (Å²) in [5, 5.41) is 20.7. The summed E-state index contributed by atoms with van der Waals surface area (Å²) in [7, 11) is 1.52. The number of hydrogen-bond donors (Lipinski definition) is 4. The summed E-state index contributed by atoms with van der Waals surface area (Å²) in [5.41, 5.74) is -1.23. The van der Waals surface area contributed by atoms with Crippen LogP contribution in [-0.2, 0) is 19.1 Å². The standard InChI is InChI=1S/C40H51ClN6O8S/c1-8-22-16-40(22,36(50)51)46-34(48)28-14-24(17-47(28)35(49)33(39(4,5)6)45-38(52)55-23-12-20-11-21(20)13-23)54-30-15-26(27-18-56-37(44-27)42-19(2)3)43-32-25(30)9-10-29(53-7)31(32)41/h8-10,15,19-24,27-28,33H,1,11-14,16-18H2,2-7H3,(H,42,44)(H,45,52)(H,46,48)(H,50,51)/t20-,21+,22-,23?,24-,27?,28+,33-,40-/m1/s1. The number of alkyl carbamates (subject to hydrolysis) is 1. The molecule has 4 N–H and O–H groups in total. The molecule has 2 unspecified atom stereocenters.